The minimum atomic E-state index is -4.96. The van der Waals surface area contributed by atoms with Crippen LogP contribution in [0.2, 0.25) is 0 Å². The van der Waals surface area contributed by atoms with E-state index in [0.29, 0.717) is 31.6 Å². The molecule has 0 aliphatic rings. The predicted octanol–water partition coefficient (Wildman–Crippen LogP) is 22.4. The van der Waals surface area contributed by atoms with Crippen LogP contribution in [0.4, 0.5) is 0 Å². The number of hydrogen-bond donors (Lipinski definition) is 3. The molecule has 0 saturated heterocycles. The van der Waals surface area contributed by atoms with E-state index in [9.17, 15) is 43.2 Å². The predicted molar refractivity (Wildman–Crippen MR) is 391 cm³/mol. The Morgan fingerprint density at radius 1 is 0.260 bits per heavy atom. The molecule has 0 bridgehead atoms. The van der Waals surface area contributed by atoms with Crippen molar-refractivity contribution in [1.82, 2.24) is 0 Å². The lowest BCUT2D eigenvalue weighted by molar-refractivity contribution is -0.161. The van der Waals surface area contributed by atoms with Gasteiger partial charge in [-0.15, -0.1) is 0 Å². The minimum Gasteiger partial charge on any atom is -0.462 e. The van der Waals surface area contributed by atoms with Gasteiger partial charge < -0.3 is 33.8 Å². The van der Waals surface area contributed by atoms with Crippen LogP contribution in [-0.2, 0) is 65.4 Å². The van der Waals surface area contributed by atoms with Gasteiger partial charge in [0.25, 0.3) is 0 Å². The molecule has 3 unspecified atom stereocenters. The number of carbonyl (C=O) groups excluding carboxylic acids is 4. The second kappa shape index (κ2) is 66.3. The Balaban J connectivity index is 5.18. The number of aliphatic hydroxyl groups is 1. The van der Waals surface area contributed by atoms with Gasteiger partial charge in [0.05, 0.1) is 26.4 Å². The summed E-state index contributed by atoms with van der Waals surface area (Å²) in [6.07, 6.45) is 51.6. The Labute approximate surface area is 588 Å². The summed E-state index contributed by atoms with van der Waals surface area (Å²) in [7, 11) is -9.91. The van der Waals surface area contributed by atoms with E-state index in [1.165, 1.54) is 186 Å². The lowest BCUT2D eigenvalue weighted by atomic mass is 10.0. The van der Waals surface area contributed by atoms with Crippen LogP contribution < -0.4 is 0 Å². The molecule has 0 amide bonds. The molecule has 0 fully saturated rings. The fraction of sp³-hybridized carbons (Fsp3) is 0.948. The van der Waals surface area contributed by atoms with Crippen molar-refractivity contribution in [3.63, 3.8) is 0 Å². The largest absolute Gasteiger partial charge is 0.472 e. The van der Waals surface area contributed by atoms with Gasteiger partial charge in [0.15, 0.2) is 12.2 Å². The van der Waals surface area contributed by atoms with Crippen LogP contribution in [0.1, 0.15) is 389 Å². The monoisotopic (exact) mass is 1410 g/mol. The van der Waals surface area contributed by atoms with Crippen LogP contribution in [0.25, 0.3) is 0 Å². The summed E-state index contributed by atoms with van der Waals surface area (Å²) >= 11 is 0. The highest BCUT2D eigenvalue weighted by Crippen LogP contribution is 2.45. The summed E-state index contributed by atoms with van der Waals surface area (Å²) in [6, 6.07) is 0. The molecule has 19 heteroatoms. The molecule has 5 atom stereocenters. The van der Waals surface area contributed by atoms with Crippen LogP contribution >= 0.6 is 15.6 Å². The second-order valence-corrected chi connectivity index (χ2v) is 32.6. The molecule has 0 aliphatic carbocycles. The molecule has 0 radical (unpaired) electrons. The van der Waals surface area contributed by atoms with Crippen molar-refractivity contribution in [2.45, 2.75) is 408 Å². The number of hydrogen-bond acceptors (Lipinski definition) is 15. The van der Waals surface area contributed by atoms with Crippen LogP contribution in [0.3, 0.4) is 0 Å². The molecule has 0 spiro atoms. The first-order valence-corrected chi connectivity index (χ1v) is 42.7. The highest BCUT2D eigenvalue weighted by molar-refractivity contribution is 7.47. The van der Waals surface area contributed by atoms with Gasteiger partial charge in [0.2, 0.25) is 0 Å². The molecule has 570 valence electrons. The SMILES string of the molecule is CC(C)CCCCCCCCCCCCCCCCCCCCC(=O)O[C@H](COC(=O)CCCCCCCCCC(C)C)COP(=O)(O)OCC(O)COP(=O)(O)OC[C@@H](COC(=O)CCCCCCCCCCCCCC(C)C)OC(=O)CCCCCCCCCCC(C)C. The van der Waals surface area contributed by atoms with Gasteiger partial charge in [-0.05, 0) is 49.4 Å². The first kappa shape index (κ1) is 94.1. The van der Waals surface area contributed by atoms with E-state index in [1.54, 1.807) is 0 Å². The highest BCUT2D eigenvalue weighted by Gasteiger charge is 2.30. The van der Waals surface area contributed by atoms with Gasteiger partial charge >= 0.3 is 39.5 Å². The third-order valence-corrected chi connectivity index (χ3v) is 19.7. The molecule has 0 aromatic heterocycles. The summed E-state index contributed by atoms with van der Waals surface area (Å²) < 4.78 is 68.5. The van der Waals surface area contributed by atoms with Gasteiger partial charge in [-0.25, -0.2) is 9.13 Å². The molecule has 17 nitrogen and oxygen atoms in total. The van der Waals surface area contributed by atoms with E-state index in [2.05, 4.69) is 55.4 Å². The lowest BCUT2D eigenvalue weighted by Crippen LogP contribution is -2.30. The van der Waals surface area contributed by atoms with Crippen molar-refractivity contribution in [2.75, 3.05) is 39.6 Å². The third-order valence-electron chi connectivity index (χ3n) is 17.8. The Morgan fingerprint density at radius 3 is 0.646 bits per heavy atom. The summed E-state index contributed by atoms with van der Waals surface area (Å²) in [6.45, 7) is 14.1. The maximum atomic E-state index is 13.1. The molecular formula is C77H150O17P2. The summed E-state index contributed by atoms with van der Waals surface area (Å²) in [5.41, 5.74) is 0. The summed E-state index contributed by atoms with van der Waals surface area (Å²) in [4.78, 5) is 72.8. The van der Waals surface area contributed by atoms with Crippen molar-refractivity contribution in [3.8, 4) is 0 Å². The Bertz CT molecular complexity index is 1880. The fourth-order valence-corrected chi connectivity index (χ4v) is 13.3. The smallest absolute Gasteiger partial charge is 0.462 e. The Kier molecular flexibility index (Phi) is 65.0. The zero-order chi connectivity index (χ0) is 71.0. The number of aliphatic hydroxyl groups excluding tert-OH is 1. The summed E-state index contributed by atoms with van der Waals surface area (Å²) in [5.74, 6) is 0.892. The van der Waals surface area contributed by atoms with Gasteiger partial charge in [0.1, 0.15) is 19.3 Å². The van der Waals surface area contributed by atoms with Crippen LogP contribution in [0.15, 0.2) is 0 Å². The number of carbonyl (C=O) groups is 4. The van der Waals surface area contributed by atoms with Crippen LogP contribution in [0.5, 0.6) is 0 Å². The van der Waals surface area contributed by atoms with Crippen molar-refractivity contribution in [3.05, 3.63) is 0 Å². The van der Waals surface area contributed by atoms with Crippen LogP contribution in [-0.4, -0.2) is 96.7 Å². The molecule has 3 N–H and O–H groups in total. The normalized spacial score (nSPS) is 14.1. The van der Waals surface area contributed by atoms with Crippen molar-refractivity contribution < 1.29 is 80.2 Å². The maximum Gasteiger partial charge on any atom is 0.472 e. The Morgan fingerprint density at radius 2 is 0.438 bits per heavy atom. The van der Waals surface area contributed by atoms with Crippen molar-refractivity contribution in [2.24, 2.45) is 23.7 Å². The molecule has 0 aromatic carbocycles. The second-order valence-electron chi connectivity index (χ2n) is 29.7. The average molecular weight is 1410 g/mol. The van der Waals surface area contributed by atoms with Gasteiger partial charge in [-0.2, -0.15) is 0 Å². The molecule has 0 heterocycles. The topological polar surface area (TPSA) is 237 Å². The van der Waals surface area contributed by atoms with E-state index in [0.717, 1.165) is 114 Å². The van der Waals surface area contributed by atoms with Gasteiger partial charge in [0, 0.05) is 25.7 Å². The highest BCUT2D eigenvalue weighted by atomic mass is 31.2. The van der Waals surface area contributed by atoms with E-state index in [-0.39, 0.29) is 25.7 Å². The standard InChI is InChI=1S/C77H150O17P2/c1-67(2)53-45-37-29-22-18-15-13-11-9-10-12-14-16-20-25-34-43-51-59-76(81)93-73(64-88-75(80)58-50-42-36-28-32-40-48-56-70(7)8)66-92-96(85,86)90-62-71(78)61-89-95(83,84)91-65-72(94-77(82)60-52-44-35-27-26-31-39-47-55-69(5)6)63-87-74(79)57-49-41-33-24-21-17-19-23-30-38-46-54-68(3)4/h67-73,78H,9-66H2,1-8H3,(H,83,84)(H,85,86)/t71?,72-,73-/m1/s1. The average Bonchev–Trinajstić information content (AvgIpc) is 1.19. The first-order chi connectivity index (χ1) is 46.1. The molecule has 96 heavy (non-hydrogen) atoms. The first-order valence-electron chi connectivity index (χ1n) is 39.7. The fourth-order valence-electron chi connectivity index (χ4n) is 11.7. The van der Waals surface area contributed by atoms with E-state index < -0.39 is 97.5 Å². The molecule has 0 aliphatic heterocycles. The van der Waals surface area contributed by atoms with Gasteiger partial charge in [-0.3, -0.25) is 37.3 Å². The number of unbranched alkanes of at least 4 members (excludes halogenated alkanes) is 40. The minimum absolute atomic E-state index is 0.104. The number of esters is 4. The van der Waals surface area contributed by atoms with Crippen LogP contribution in [0, 0.1) is 23.7 Å². The lowest BCUT2D eigenvalue weighted by Gasteiger charge is -2.21. The molecule has 0 aromatic rings. The van der Waals surface area contributed by atoms with E-state index >= 15 is 0 Å². The molecular weight excluding hydrogens is 1260 g/mol. The zero-order valence-electron chi connectivity index (χ0n) is 63.0. The number of phosphoric acid groups is 2. The summed E-state index contributed by atoms with van der Waals surface area (Å²) in [5, 5.41) is 10.6. The third kappa shape index (κ3) is 70.5. The molecule has 0 saturated carbocycles. The quantitative estimate of drug-likeness (QED) is 0.0222. The number of phosphoric ester groups is 2. The molecule has 0 rings (SSSR count). The number of ether oxygens (including phenoxy) is 4. The van der Waals surface area contributed by atoms with Gasteiger partial charge in [-0.1, -0.05) is 338 Å². The van der Waals surface area contributed by atoms with Crippen molar-refractivity contribution >= 4 is 39.5 Å². The van der Waals surface area contributed by atoms with E-state index in [1.807, 2.05) is 0 Å². The Hall–Kier alpha value is -1.94. The zero-order valence-corrected chi connectivity index (χ0v) is 64.8. The number of rotatable bonds is 74. The van der Waals surface area contributed by atoms with Crippen molar-refractivity contribution in [1.29, 1.82) is 0 Å². The van der Waals surface area contributed by atoms with E-state index in [4.69, 9.17) is 37.0 Å². The maximum absolute atomic E-state index is 13.1.